The summed E-state index contributed by atoms with van der Waals surface area (Å²) in [5, 5.41) is 20.3. The molecule has 22 heavy (non-hydrogen) atoms. The molecule has 1 unspecified atom stereocenters. The van der Waals surface area contributed by atoms with Crippen LogP contribution in [0.1, 0.15) is 25.8 Å². The van der Waals surface area contributed by atoms with Gasteiger partial charge in [-0.15, -0.1) is 0 Å². The van der Waals surface area contributed by atoms with Gasteiger partial charge in [-0.05, 0) is 12.5 Å². The van der Waals surface area contributed by atoms with E-state index in [2.05, 4.69) is 5.32 Å². The maximum atomic E-state index is 11.8. The third-order valence-corrected chi connectivity index (χ3v) is 3.49. The summed E-state index contributed by atoms with van der Waals surface area (Å²) in [5.41, 5.74) is -0.972. The van der Waals surface area contributed by atoms with Crippen molar-refractivity contribution < 1.29 is 29.3 Å². The number of ether oxygens (including phenoxy) is 1. The Kier molecular flexibility index (Phi) is 5.91. The van der Waals surface area contributed by atoms with E-state index in [1.54, 1.807) is 24.3 Å². The zero-order valence-electron chi connectivity index (χ0n) is 12.4. The molecule has 1 aromatic carbocycles. The van der Waals surface area contributed by atoms with Crippen LogP contribution in [-0.2, 0) is 20.9 Å². The highest BCUT2D eigenvalue weighted by molar-refractivity contribution is 5.85. The number of carboxylic acid groups (broad SMARTS) is 2. The van der Waals surface area contributed by atoms with Crippen LogP contribution in [0, 0.1) is 5.92 Å². The molecule has 0 bridgehead atoms. The lowest BCUT2D eigenvalue weighted by Gasteiger charge is -2.31. The molecule has 0 saturated carbocycles. The third-order valence-electron chi connectivity index (χ3n) is 3.49. The molecule has 120 valence electrons. The van der Waals surface area contributed by atoms with E-state index in [0.717, 1.165) is 5.56 Å². The molecule has 0 aliphatic rings. The van der Waals surface area contributed by atoms with Crippen molar-refractivity contribution in [2.45, 2.75) is 32.4 Å². The van der Waals surface area contributed by atoms with Gasteiger partial charge in [-0.2, -0.15) is 0 Å². The summed E-state index contributed by atoms with van der Waals surface area (Å²) in [6.07, 6.45) is -1.30. The Morgan fingerprint density at radius 3 is 2.32 bits per heavy atom. The smallest absolute Gasteiger partial charge is 0.408 e. The Hall–Kier alpha value is -2.57. The molecule has 7 heteroatoms. The molecule has 0 saturated heterocycles. The van der Waals surface area contributed by atoms with E-state index in [9.17, 15) is 19.5 Å². The highest BCUT2D eigenvalue weighted by atomic mass is 16.5. The molecule has 2 atom stereocenters. The minimum atomic E-state index is -1.73. The summed E-state index contributed by atoms with van der Waals surface area (Å²) in [7, 11) is 0. The first-order chi connectivity index (χ1) is 10.3. The van der Waals surface area contributed by atoms with Crippen LogP contribution in [0.15, 0.2) is 30.3 Å². The van der Waals surface area contributed by atoms with Crippen molar-refractivity contribution in [3.8, 4) is 0 Å². The van der Waals surface area contributed by atoms with Crippen molar-refractivity contribution in [1.82, 2.24) is 5.32 Å². The summed E-state index contributed by atoms with van der Waals surface area (Å²) < 4.78 is 4.97. The number of carboxylic acids is 2. The van der Waals surface area contributed by atoms with Gasteiger partial charge in [0.1, 0.15) is 12.1 Å². The number of aliphatic carboxylic acids is 2. The number of alkyl carbamates (subject to hydrolysis) is 1. The van der Waals surface area contributed by atoms with Gasteiger partial charge in [-0.3, -0.25) is 4.79 Å². The van der Waals surface area contributed by atoms with Crippen LogP contribution in [0.5, 0.6) is 0 Å². The predicted molar refractivity (Wildman–Crippen MR) is 77.2 cm³/mol. The highest BCUT2D eigenvalue weighted by Crippen LogP contribution is 2.21. The predicted octanol–water partition coefficient (Wildman–Crippen LogP) is 1.87. The van der Waals surface area contributed by atoms with E-state index in [1.807, 2.05) is 6.07 Å². The first-order valence-electron chi connectivity index (χ1n) is 6.69. The number of nitrogens with one attached hydrogen (secondary N) is 1. The van der Waals surface area contributed by atoms with Gasteiger partial charge in [0.15, 0.2) is 0 Å². The number of rotatable bonds is 7. The zero-order valence-corrected chi connectivity index (χ0v) is 12.4. The summed E-state index contributed by atoms with van der Waals surface area (Å²) in [4.78, 5) is 33.9. The molecule has 0 radical (unpaired) electrons. The SMILES string of the molecule is CC(CC(=O)O)[C@@](C)(NC(=O)OCc1ccccc1)C(=O)O. The molecule has 7 nitrogen and oxygen atoms in total. The molecule has 3 N–H and O–H groups in total. The molecule has 0 aliphatic carbocycles. The maximum absolute atomic E-state index is 11.8. The van der Waals surface area contributed by atoms with Crippen LogP contribution < -0.4 is 5.32 Å². The van der Waals surface area contributed by atoms with Crippen LogP contribution in [0.25, 0.3) is 0 Å². The van der Waals surface area contributed by atoms with Gasteiger partial charge < -0.3 is 20.3 Å². The fourth-order valence-corrected chi connectivity index (χ4v) is 1.82. The Morgan fingerprint density at radius 1 is 1.23 bits per heavy atom. The molecule has 0 fully saturated rings. The van der Waals surface area contributed by atoms with E-state index in [4.69, 9.17) is 9.84 Å². The zero-order chi connectivity index (χ0) is 16.8. The number of hydrogen-bond donors (Lipinski definition) is 3. The largest absolute Gasteiger partial charge is 0.481 e. The quantitative estimate of drug-likeness (QED) is 0.708. The normalized spacial score (nSPS) is 14.5. The molecule has 0 spiro atoms. The first kappa shape index (κ1) is 17.5. The Balaban J connectivity index is 2.68. The number of hydrogen-bond acceptors (Lipinski definition) is 4. The second-order valence-electron chi connectivity index (χ2n) is 5.19. The van der Waals surface area contributed by atoms with Gasteiger partial charge in [-0.1, -0.05) is 37.3 Å². The van der Waals surface area contributed by atoms with E-state index < -0.39 is 29.5 Å². The average Bonchev–Trinajstić information content (AvgIpc) is 2.45. The van der Waals surface area contributed by atoms with Crippen LogP contribution in [0.2, 0.25) is 0 Å². The summed E-state index contributed by atoms with van der Waals surface area (Å²) in [6.45, 7) is 2.70. The maximum Gasteiger partial charge on any atom is 0.408 e. The fraction of sp³-hybridized carbons (Fsp3) is 0.400. The average molecular weight is 309 g/mol. The Morgan fingerprint density at radius 2 is 1.82 bits per heavy atom. The lowest BCUT2D eigenvalue weighted by Crippen LogP contribution is -2.57. The van der Waals surface area contributed by atoms with Gasteiger partial charge in [-0.25, -0.2) is 9.59 Å². The van der Waals surface area contributed by atoms with Crippen LogP contribution in [0.4, 0.5) is 4.79 Å². The molecular formula is C15H19NO6. The van der Waals surface area contributed by atoms with Gasteiger partial charge >= 0.3 is 18.0 Å². The van der Waals surface area contributed by atoms with Crippen molar-refractivity contribution in [2.75, 3.05) is 0 Å². The second kappa shape index (κ2) is 7.44. The number of benzene rings is 1. The summed E-state index contributed by atoms with van der Waals surface area (Å²) in [5.74, 6) is -3.27. The van der Waals surface area contributed by atoms with Crippen molar-refractivity contribution in [2.24, 2.45) is 5.92 Å². The third kappa shape index (κ3) is 4.76. The van der Waals surface area contributed by atoms with Crippen molar-refractivity contribution in [1.29, 1.82) is 0 Å². The monoisotopic (exact) mass is 309 g/mol. The molecule has 1 amide bonds. The Bertz CT molecular complexity index is 544. The molecule has 1 rings (SSSR count). The first-order valence-corrected chi connectivity index (χ1v) is 6.69. The van der Waals surface area contributed by atoms with Crippen LogP contribution in [0.3, 0.4) is 0 Å². The highest BCUT2D eigenvalue weighted by Gasteiger charge is 2.41. The van der Waals surface area contributed by atoms with Crippen molar-refractivity contribution in [3.63, 3.8) is 0 Å². The standard InChI is InChI=1S/C15H19NO6/c1-10(8-12(17)18)15(2,13(19)20)16-14(21)22-9-11-6-4-3-5-7-11/h3-7,10H,8-9H2,1-2H3,(H,16,21)(H,17,18)(H,19,20)/t10?,15-/m1/s1. The van der Waals surface area contributed by atoms with Gasteiger partial charge in [0, 0.05) is 5.92 Å². The van der Waals surface area contributed by atoms with Crippen LogP contribution in [-0.4, -0.2) is 33.8 Å². The molecule has 1 aromatic rings. The topological polar surface area (TPSA) is 113 Å². The minimum Gasteiger partial charge on any atom is -0.481 e. The molecule has 0 heterocycles. The fourth-order valence-electron chi connectivity index (χ4n) is 1.82. The van der Waals surface area contributed by atoms with Crippen LogP contribution >= 0.6 is 0 Å². The van der Waals surface area contributed by atoms with Crippen molar-refractivity contribution in [3.05, 3.63) is 35.9 Å². The van der Waals surface area contributed by atoms with Crippen molar-refractivity contribution >= 4 is 18.0 Å². The number of carbonyl (C=O) groups is 3. The van der Waals surface area contributed by atoms with Gasteiger partial charge in [0.2, 0.25) is 0 Å². The van der Waals surface area contributed by atoms with E-state index in [1.165, 1.54) is 13.8 Å². The summed E-state index contributed by atoms with van der Waals surface area (Å²) >= 11 is 0. The van der Waals surface area contributed by atoms with Gasteiger partial charge in [0.25, 0.3) is 0 Å². The number of carbonyl (C=O) groups excluding carboxylic acids is 1. The lowest BCUT2D eigenvalue weighted by atomic mass is 9.85. The minimum absolute atomic E-state index is 0.00428. The second-order valence-corrected chi connectivity index (χ2v) is 5.19. The van der Waals surface area contributed by atoms with E-state index >= 15 is 0 Å². The summed E-state index contributed by atoms with van der Waals surface area (Å²) in [6, 6.07) is 8.91. The van der Waals surface area contributed by atoms with E-state index in [0.29, 0.717) is 0 Å². The molecular weight excluding hydrogens is 290 g/mol. The van der Waals surface area contributed by atoms with E-state index in [-0.39, 0.29) is 13.0 Å². The molecule has 0 aliphatic heterocycles. The number of amides is 1. The lowest BCUT2D eigenvalue weighted by molar-refractivity contribution is -0.147. The van der Waals surface area contributed by atoms with Gasteiger partial charge in [0.05, 0.1) is 6.42 Å². The molecule has 0 aromatic heterocycles. The Labute approximate surface area is 127 Å².